The maximum atomic E-state index is 12.1. The molecule has 0 aliphatic rings. The minimum Gasteiger partial charge on any atom is -0.303 e. The Balaban J connectivity index is 2.58. The molecule has 1 aromatic carbocycles. The summed E-state index contributed by atoms with van der Waals surface area (Å²) in [6.45, 7) is 5.09. The summed E-state index contributed by atoms with van der Waals surface area (Å²) in [5.74, 6) is 0.0445. The fourth-order valence-electron chi connectivity index (χ4n) is 1.99. The molecule has 0 aromatic heterocycles. The molecule has 1 aromatic rings. The number of rotatable bonds is 7. The third-order valence-corrected chi connectivity index (χ3v) is 4.22. The van der Waals surface area contributed by atoms with E-state index >= 15 is 0 Å². The molecule has 1 atom stereocenters. The lowest BCUT2D eigenvalue weighted by molar-refractivity contribution is 0.0961. The smallest absolute Gasteiger partial charge is 0.165 e. The first-order valence-corrected chi connectivity index (χ1v) is 7.40. The second-order valence-electron chi connectivity index (χ2n) is 4.89. The number of carbonyl (C=O) groups is 1. The number of ketones is 1. The Bertz CT molecular complexity index is 434. The molecule has 1 rings (SSSR count). The summed E-state index contributed by atoms with van der Waals surface area (Å²) in [7, 11) is 2.05. The average Bonchev–Trinajstić information content (AvgIpc) is 2.39. The molecule has 0 amide bonds. The van der Waals surface area contributed by atoms with E-state index in [-0.39, 0.29) is 5.78 Å². The molecule has 0 fully saturated rings. The first-order valence-electron chi connectivity index (χ1n) is 6.64. The van der Waals surface area contributed by atoms with Crippen LogP contribution in [-0.2, 0) is 0 Å². The number of benzene rings is 1. The molecule has 0 saturated heterocycles. The first kappa shape index (κ1) is 16.5. The van der Waals surface area contributed by atoms with Crippen molar-refractivity contribution in [2.45, 2.75) is 39.2 Å². The largest absolute Gasteiger partial charge is 0.303 e. The molecule has 0 heterocycles. The van der Waals surface area contributed by atoms with Crippen molar-refractivity contribution in [1.29, 1.82) is 0 Å². The van der Waals surface area contributed by atoms with Crippen molar-refractivity contribution in [2.24, 2.45) is 0 Å². The molecule has 0 aliphatic heterocycles. The Morgan fingerprint density at radius 2 is 2.05 bits per heavy atom. The maximum absolute atomic E-state index is 12.1. The van der Waals surface area contributed by atoms with Crippen molar-refractivity contribution in [3.8, 4) is 0 Å². The van der Waals surface area contributed by atoms with E-state index in [0.717, 1.165) is 19.4 Å². The van der Waals surface area contributed by atoms with Crippen molar-refractivity contribution in [3.63, 3.8) is 0 Å². The fraction of sp³-hybridized carbons (Fsp3) is 0.533. The van der Waals surface area contributed by atoms with Crippen molar-refractivity contribution >= 4 is 29.0 Å². The number of Topliss-reactive ketones (excluding diaryl/α,β-unsaturated/α-hetero) is 1. The Morgan fingerprint density at radius 3 is 2.68 bits per heavy atom. The average molecular weight is 302 g/mol. The summed E-state index contributed by atoms with van der Waals surface area (Å²) < 4.78 is 0. The molecular formula is C15H21Cl2NO. The van der Waals surface area contributed by atoms with Crippen LogP contribution in [0.25, 0.3) is 0 Å². The van der Waals surface area contributed by atoms with Crippen LogP contribution < -0.4 is 0 Å². The maximum Gasteiger partial charge on any atom is 0.165 e. The molecule has 0 bridgehead atoms. The van der Waals surface area contributed by atoms with Crippen molar-refractivity contribution < 1.29 is 4.79 Å². The van der Waals surface area contributed by atoms with Gasteiger partial charge in [-0.15, -0.1) is 0 Å². The van der Waals surface area contributed by atoms with Gasteiger partial charge in [0.1, 0.15) is 0 Å². The Hall–Kier alpha value is -0.570. The predicted octanol–water partition coefficient (Wildman–Crippen LogP) is 4.69. The summed E-state index contributed by atoms with van der Waals surface area (Å²) in [5, 5.41) is 0.790. The van der Waals surface area contributed by atoms with Crippen LogP contribution in [0, 0.1) is 0 Å². The van der Waals surface area contributed by atoms with Gasteiger partial charge in [-0.1, -0.05) is 42.6 Å². The molecule has 0 aliphatic carbocycles. The molecule has 2 nitrogen and oxygen atoms in total. The summed E-state index contributed by atoms with van der Waals surface area (Å²) in [4.78, 5) is 14.3. The highest BCUT2D eigenvalue weighted by molar-refractivity contribution is 6.43. The van der Waals surface area contributed by atoms with Gasteiger partial charge in [-0.05, 0) is 32.5 Å². The van der Waals surface area contributed by atoms with Gasteiger partial charge >= 0.3 is 0 Å². The number of hydrogen-bond acceptors (Lipinski definition) is 2. The van der Waals surface area contributed by atoms with Crippen LogP contribution >= 0.6 is 23.2 Å². The van der Waals surface area contributed by atoms with E-state index < -0.39 is 0 Å². The second-order valence-corrected chi connectivity index (χ2v) is 5.68. The predicted molar refractivity (Wildman–Crippen MR) is 82.4 cm³/mol. The Kier molecular flexibility index (Phi) is 6.84. The first-order chi connectivity index (χ1) is 8.97. The highest BCUT2D eigenvalue weighted by atomic mass is 35.5. The van der Waals surface area contributed by atoms with E-state index in [9.17, 15) is 4.79 Å². The van der Waals surface area contributed by atoms with Crippen LogP contribution in [0.3, 0.4) is 0 Å². The SMILES string of the molecule is CCCC(C)N(C)CCC(=O)c1cccc(Cl)c1Cl. The fourth-order valence-corrected chi connectivity index (χ4v) is 2.40. The molecule has 0 spiro atoms. The molecule has 0 radical (unpaired) electrons. The van der Waals surface area contributed by atoms with E-state index in [1.54, 1.807) is 18.2 Å². The van der Waals surface area contributed by atoms with E-state index in [1.165, 1.54) is 0 Å². The van der Waals surface area contributed by atoms with E-state index in [4.69, 9.17) is 23.2 Å². The third-order valence-electron chi connectivity index (χ3n) is 3.40. The number of nitrogens with zero attached hydrogens (tertiary/aromatic N) is 1. The van der Waals surface area contributed by atoms with Crippen LogP contribution in [0.4, 0.5) is 0 Å². The lowest BCUT2D eigenvalue weighted by atomic mass is 10.1. The summed E-state index contributed by atoms with van der Waals surface area (Å²) in [6, 6.07) is 5.67. The molecule has 1 unspecified atom stereocenters. The Labute approximate surface area is 125 Å². The van der Waals surface area contributed by atoms with Gasteiger partial charge in [0, 0.05) is 24.6 Å². The van der Waals surface area contributed by atoms with Gasteiger partial charge in [0.2, 0.25) is 0 Å². The monoisotopic (exact) mass is 301 g/mol. The molecule has 0 N–H and O–H groups in total. The minimum absolute atomic E-state index is 0.0445. The number of carbonyl (C=O) groups excluding carboxylic acids is 1. The number of halogens is 2. The topological polar surface area (TPSA) is 20.3 Å². The zero-order valence-electron chi connectivity index (χ0n) is 11.7. The van der Waals surface area contributed by atoms with Gasteiger partial charge in [-0.25, -0.2) is 0 Å². The normalized spacial score (nSPS) is 12.7. The van der Waals surface area contributed by atoms with Crippen LogP contribution in [-0.4, -0.2) is 30.3 Å². The zero-order chi connectivity index (χ0) is 14.4. The summed E-state index contributed by atoms with van der Waals surface area (Å²) in [5.41, 5.74) is 0.519. The molecule has 0 saturated carbocycles. The van der Waals surface area contributed by atoms with Gasteiger partial charge in [-0.2, -0.15) is 0 Å². The summed E-state index contributed by atoms with van der Waals surface area (Å²) >= 11 is 12.0. The zero-order valence-corrected chi connectivity index (χ0v) is 13.3. The van der Waals surface area contributed by atoms with Gasteiger partial charge in [0.05, 0.1) is 10.0 Å². The molecule has 106 valence electrons. The number of hydrogen-bond donors (Lipinski definition) is 0. The van der Waals surface area contributed by atoms with Crippen LogP contribution in [0.15, 0.2) is 18.2 Å². The second kappa shape index (κ2) is 7.88. The van der Waals surface area contributed by atoms with Crippen LogP contribution in [0.2, 0.25) is 10.0 Å². The summed E-state index contributed by atoms with van der Waals surface area (Å²) in [6.07, 6.45) is 2.76. The molecule has 19 heavy (non-hydrogen) atoms. The minimum atomic E-state index is 0.0445. The Morgan fingerprint density at radius 1 is 1.37 bits per heavy atom. The van der Waals surface area contributed by atoms with Crippen LogP contribution in [0.1, 0.15) is 43.5 Å². The lowest BCUT2D eigenvalue weighted by Crippen LogP contribution is -2.31. The van der Waals surface area contributed by atoms with Gasteiger partial charge in [-0.3, -0.25) is 4.79 Å². The van der Waals surface area contributed by atoms with Crippen LogP contribution in [0.5, 0.6) is 0 Å². The quantitative estimate of drug-likeness (QED) is 0.681. The van der Waals surface area contributed by atoms with Crippen molar-refractivity contribution in [2.75, 3.05) is 13.6 Å². The molecular weight excluding hydrogens is 281 g/mol. The van der Waals surface area contributed by atoms with Gasteiger partial charge in [0.15, 0.2) is 5.78 Å². The lowest BCUT2D eigenvalue weighted by Gasteiger charge is -2.23. The standard InChI is InChI=1S/C15H21Cl2NO/c1-4-6-11(2)18(3)10-9-14(19)12-7-5-8-13(16)15(12)17/h5,7-8,11H,4,6,9-10H2,1-3H3. The van der Waals surface area contributed by atoms with Gasteiger partial charge in [0.25, 0.3) is 0 Å². The molecule has 4 heteroatoms. The van der Waals surface area contributed by atoms with E-state index in [1.807, 2.05) is 7.05 Å². The highest BCUT2D eigenvalue weighted by Gasteiger charge is 2.15. The van der Waals surface area contributed by atoms with E-state index in [0.29, 0.717) is 28.1 Å². The van der Waals surface area contributed by atoms with Crippen molar-refractivity contribution in [1.82, 2.24) is 4.90 Å². The highest BCUT2D eigenvalue weighted by Crippen LogP contribution is 2.26. The van der Waals surface area contributed by atoms with Gasteiger partial charge < -0.3 is 4.90 Å². The van der Waals surface area contributed by atoms with E-state index in [2.05, 4.69) is 18.7 Å². The third kappa shape index (κ3) is 4.79. The van der Waals surface area contributed by atoms with Crippen molar-refractivity contribution in [3.05, 3.63) is 33.8 Å².